The van der Waals surface area contributed by atoms with Crippen LogP contribution >= 0.6 is 0 Å². The van der Waals surface area contributed by atoms with Crippen LogP contribution in [0, 0.1) is 5.92 Å². The van der Waals surface area contributed by atoms with Crippen molar-refractivity contribution in [1.29, 1.82) is 0 Å². The first kappa shape index (κ1) is 31.6. The predicted molar refractivity (Wildman–Crippen MR) is 173 cm³/mol. The van der Waals surface area contributed by atoms with Crippen LogP contribution < -0.4 is 16.0 Å². The molecule has 4 N–H and O–H groups in total. The van der Waals surface area contributed by atoms with E-state index in [1.807, 2.05) is 91.1 Å². The molecule has 0 spiro atoms. The molecule has 0 saturated heterocycles. The monoisotopic (exact) mass is 610 g/mol. The quantitative estimate of drug-likeness (QED) is 0.153. The first-order chi connectivity index (χ1) is 21.8. The van der Waals surface area contributed by atoms with E-state index in [0.29, 0.717) is 0 Å². The van der Waals surface area contributed by atoms with Gasteiger partial charge in [0.15, 0.2) is 0 Å². The zero-order chi connectivity index (χ0) is 31.6. The van der Waals surface area contributed by atoms with E-state index in [1.54, 1.807) is 6.92 Å². The second-order valence-corrected chi connectivity index (χ2v) is 12.1. The first-order valence-corrected chi connectivity index (χ1v) is 15.6. The van der Waals surface area contributed by atoms with Crippen molar-refractivity contribution in [2.45, 2.75) is 70.2 Å². The molecule has 236 valence electrons. The van der Waals surface area contributed by atoms with Crippen molar-refractivity contribution in [2.24, 2.45) is 5.92 Å². The Balaban J connectivity index is 1.31. The van der Waals surface area contributed by atoms with E-state index in [0.717, 1.165) is 53.3 Å². The Hall–Kier alpha value is -4.79. The van der Waals surface area contributed by atoms with Gasteiger partial charge in [-0.1, -0.05) is 92.2 Å². The molecule has 1 saturated carbocycles. The van der Waals surface area contributed by atoms with Crippen LogP contribution in [-0.2, 0) is 27.3 Å². The van der Waals surface area contributed by atoms with Gasteiger partial charge in [0.25, 0.3) is 0 Å². The number of rotatable bonds is 11. The van der Waals surface area contributed by atoms with Gasteiger partial charge in [-0.05, 0) is 54.9 Å². The number of ether oxygens (including phenoxy) is 2. The number of H-pyrrole nitrogens is 1. The molecule has 0 radical (unpaired) electrons. The van der Waals surface area contributed by atoms with Crippen molar-refractivity contribution >= 4 is 29.0 Å². The van der Waals surface area contributed by atoms with E-state index in [9.17, 15) is 14.4 Å². The van der Waals surface area contributed by atoms with E-state index >= 15 is 0 Å². The number of carbonyl (C=O) groups excluding carboxylic acids is 3. The highest BCUT2D eigenvalue weighted by Crippen LogP contribution is 2.27. The lowest BCUT2D eigenvalue weighted by atomic mass is 9.88. The summed E-state index contributed by atoms with van der Waals surface area (Å²) < 4.78 is 11.3. The zero-order valence-corrected chi connectivity index (χ0v) is 25.9. The van der Waals surface area contributed by atoms with Gasteiger partial charge < -0.3 is 30.4 Å². The first-order valence-electron chi connectivity index (χ1n) is 15.6. The molecule has 3 aromatic carbocycles. The van der Waals surface area contributed by atoms with E-state index in [2.05, 4.69) is 27.9 Å². The molecule has 3 amide bonds. The molecule has 1 aromatic heterocycles. The van der Waals surface area contributed by atoms with Crippen LogP contribution in [0.15, 0.2) is 91.1 Å². The Kier molecular flexibility index (Phi) is 10.4. The molecule has 0 aliphatic heterocycles. The molecule has 4 aromatic rings. The minimum Gasteiger partial charge on any atom is -0.446 e. The topological polar surface area (TPSA) is 122 Å². The summed E-state index contributed by atoms with van der Waals surface area (Å²) in [6.07, 6.45) is 4.63. The molecule has 0 unspecified atom stereocenters. The number of alkyl carbamates (subject to hydrolysis) is 2. The van der Waals surface area contributed by atoms with Gasteiger partial charge in [0.05, 0.1) is 6.04 Å². The van der Waals surface area contributed by atoms with Crippen molar-refractivity contribution in [3.8, 4) is 0 Å². The predicted octanol–water partition coefficient (Wildman–Crippen LogP) is 6.56. The van der Waals surface area contributed by atoms with Crippen molar-refractivity contribution in [2.75, 3.05) is 6.54 Å². The molecular formula is C36H42N4O5. The summed E-state index contributed by atoms with van der Waals surface area (Å²) in [5.41, 5.74) is 2.14. The van der Waals surface area contributed by atoms with Crippen LogP contribution in [0.2, 0.25) is 0 Å². The summed E-state index contributed by atoms with van der Waals surface area (Å²) >= 11 is 0. The number of carbonyl (C=O) groups is 3. The van der Waals surface area contributed by atoms with Crippen LogP contribution in [0.3, 0.4) is 0 Å². The molecule has 9 heteroatoms. The lowest BCUT2D eigenvalue weighted by Gasteiger charge is -2.33. The van der Waals surface area contributed by atoms with Crippen molar-refractivity contribution < 1.29 is 23.9 Å². The highest BCUT2D eigenvalue weighted by Gasteiger charge is 2.38. The number of para-hydroxylation sites is 1. The summed E-state index contributed by atoms with van der Waals surface area (Å²) in [7, 11) is 0. The Labute approximate surface area is 264 Å². The number of hydrogen-bond donors (Lipinski definition) is 4. The number of fused-ring (bicyclic) bond motifs is 1. The van der Waals surface area contributed by atoms with Crippen LogP contribution in [0.1, 0.15) is 62.3 Å². The largest absolute Gasteiger partial charge is 0.446 e. The number of aromatic nitrogens is 1. The lowest BCUT2D eigenvalue weighted by molar-refractivity contribution is -0.127. The summed E-state index contributed by atoms with van der Waals surface area (Å²) in [5.74, 6) is -0.139. The fourth-order valence-corrected chi connectivity index (χ4v) is 5.92. The Morgan fingerprint density at radius 1 is 0.911 bits per heavy atom. The molecule has 1 aliphatic carbocycles. The highest BCUT2D eigenvalue weighted by atomic mass is 16.6. The normalized spacial score (nSPS) is 18.3. The van der Waals surface area contributed by atoms with E-state index in [4.69, 9.17) is 9.47 Å². The maximum absolute atomic E-state index is 14.0. The molecule has 0 bridgehead atoms. The fourth-order valence-electron chi connectivity index (χ4n) is 5.92. The Bertz CT molecular complexity index is 1570. The van der Waals surface area contributed by atoms with Crippen molar-refractivity contribution in [3.05, 3.63) is 108 Å². The van der Waals surface area contributed by atoms with Crippen LogP contribution in [0.5, 0.6) is 0 Å². The van der Waals surface area contributed by atoms with Crippen LogP contribution in [0.4, 0.5) is 9.59 Å². The minimum absolute atomic E-state index is 0.0726. The molecule has 1 fully saturated rings. The molecule has 1 heterocycles. The van der Waals surface area contributed by atoms with Gasteiger partial charge in [-0.15, -0.1) is 0 Å². The number of aromatic amines is 1. The maximum Gasteiger partial charge on any atom is 0.408 e. The van der Waals surface area contributed by atoms with Crippen molar-refractivity contribution in [1.82, 2.24) is 20.9 Å². The molecule has 1 aliphatic rings. The summed E-state index contributed by atoms with van der Waals surface area (Å²) in [6.45, 7) is 3.99. The second-order valence-electron chi connectivity index (χ2n) is 12.1. The average molecular weight is 611 g/mol. The number of hydrogen-bond acceptors (Lipinski definition) is 5. The summed E-state index contributed by atoms with van der Waals surface area (Å²) in [6, 6.07) is 26.0. The SMILES string of the molecule is C[C@@H]1CCCC[C@H]1OC(=O)N[C@](C)(Cc1c[nH]c2ccccc12)C(=O)NC[C@H](NC(=O)OCc1ccccc1)c1ccccc1. The average Bonchev–Trinajstić information content (AvgIpc) is 3.46. The number of amides is 3. The smallest absolute Gasteiger partial charge is 0.408 e. The van der Waals surface area contributed by atoms with Gasteiger partial charge in [0.2, 0.25) is 5.91 Å². The minimum atomic E-state index is -1.35. The van der Waals surface area contributed by atoms with Gasteiger partial charge in [-0.25, -0.2) is 9.59 Å². The molecule has 4 atom stereocenters. The third kappa shape index (κ3) is 8.44. The van der Waals surface area contributed by atoms with Gasteiger partial charge in [0.1, 0.15) is 18.2 Å². The third-order valence-corrected chi connectivity index (χ3v) is 8.56. The molecular weight excluding hydrogens is 568 g/mol. The number of benzene rings is 3. The molecule has 45 heavy (non-hydrogen) atoms. The van der Waals surface area contributed by atoms with Crippen LogP contribution in [-0.4, -0.2) is 41.3 Å². The molecule has 9 nitrogen and oxygen atoms in total. The second kappa shape index (κ2) is 14.8. The van der Waals surface area contributed by atoms with Gasteiger partial charge in [0, 0.05) is 30.1 Å². The zero-order valence-electron chi connectivity index (χ0n) is 25.9. The lowest BCUT2D eigenvalue weighted by Crippen LogP contribution is -2.59. The molecule has 5 rings (SSSR count). The van der Waals surface area contributed by atoms with Gasteiger partial charge in [-0.2, -0.15) is 0 Å². The number of nitrogens with one attached hydrogen (secondary N) is 4. The van der Waals surface area contributed by atoms with Gasteiger partial charge in [-0.3, -0.25) is 4.79 Å². The van der Waals surface area contributed by atoms with Gasteiger partial charge >= 0.3 is 12.2 Å². The standard InChI is InChI=1S/C36H42N4O5/c1-25-13-9-12-20-32(25)45-35(43)40-36(2,21-28-22-37-30-19-11-10-18-29(28)30)33(41)38-23-31(27-16-7-4-8-17-27)39-34(42)44-24-26-14-5-3-6-15-26/h3-8,10-11,14-19,22,25,31-32,37H,9,12-13,20-21,23-24H2,1-2H3,(H,38,41)(H,39,42)(H,40,43)/t25-,31+,32-,36-/m1/s1. The van der Waals surface area contributed by atoms with E-state index in [-0.39, 0.29) is 31.6 Å². The Morgan fingerprint density at radius 2 is 1.60 bits per heavy atom. The summed E-state index contributed by atoms with van der Waals surface area (Å²) in [5, 5.41) is 9.75. The maximum atomic E-state index is 14.0. The summed E-state index contributed by atoms with van der Waals surface area (Å²) in [4.78, 5) is 43.4. The van der Waals surface area contributed by atoms with E-state index < -0.39 is 29.7 Å². The van der Waals surface area contributed by atoms with E-state index in [1.165, 1.54) is 0 Å². The van der Waals surface area contributed by atoms with Crippen molar-refractivity contribution in [3.63, 3.8) is 0 Å². The third-order valence-electron chi connectivity index (χ3n) is 8.56. The highest BCUT2D eigenvalue weighted by molar-refractivity contribution is 5.91. The van der Waals surface area contributed by atoms with Crippen LogP contribution in [0.25, 0.3) is 10.9 Å². The Morgan fingerprint density at radius 3 is 2.36 bits per heavy atom. The fraction of sp³-hybridized carbons (Fsp3) is 0.361.